The maximum atomic E-state index is 12.7. The molecule has 112 valence electrons. The summed E-state index contributed by atoms with van der Waals surface area (Å²) in [6, 6.07) is 6.10. The van der Waals surface area contributed by atoms with Gasteiger partial charge >= 0.3 is 6.03 Å². The predicted octanol–water partition coefficient (Wildman–Crippen LogP) is 2.48. The molecule has 1 aromatic rings. The van der Waals surface area contributed by atoms with Crippen LogP contribution < -0.4 is 10.6 Å². The lowest BCUT2D eigenvalue weighted by molar-refractivity contribution is 0.0774. The number of halogens is 1. The van der Waals surface area contributed by atoms with Crippen molar-refractivity contribution >= 4 is 6.03 Å². The van der Waals surface area contributed by atoms with E-state index in [0.29, 0.717) is 26.1 Å². The summed E-state index contributed by atoms with van der Waals surface area (Å²) in [5.74, 6) is -0.247. The van der Waals surface area contributed by atoms with Gasteiger partial charge in [-0.3, -0.25) is 0 Å². The Kier molecular flexibility index (Phi) is 7.65. The van der Waals surface area contributed by atoms with Gasteiger partial charge in [-0.15, -0.1) is 0 Å². The second-order valence-electron chi connectivity index (χ2n) is 4.83. The molecule has 1 aromatic carbocycles. The van der Waals surface area contributed by atoms with E-state index in [1.165, 1.54) is 12.1 Å². The fourth-order valence-electron chi connectivity index (χ4n) is 1.63. The van der Waals surface area contributed by atoms with Gasteiger partial charge in [0.2, 0.25) is 0 Å². The average Bonchev–Trinajstić information content (AvgIpc) is 2.40. The van der Waals surface area contributed by atoms with Crippen LogP contribution in [0.5, 0.6) is 0 Å². The zero-order valence-corrected chi connectivity index (χ0v) is 12.1. The van der Waals surface area contributed by atoms with Crippen molar-refractivity contribution in [2.45, 2.75) is 32.8 Å². The van der Waals surface area contributed by atoms with Crippen molar-refractivity contribution in [2.75, 3.05) is 19.7 Å². The first-order valence-electron chi connectivity index (χ1n) is 6.95. The van der Waals surface area contributed by atoms with Crippen LogP contribution in [0.15, 0.2) is 24.3 Å². The van der Waals surface area contributed by atoms with Crippen molar-refractivity contribution < 1.29 is 13.9 Å². The van der Waals surface area contributed by atoms with Crippen molar-refractivity contribution in [3.8, 4) is 0 Å². The highest BCUT2D eigenvalue weighted by Gasteiger charge is 2.00. The Morgan fingerprint density at radius 3 is 2.50 bits per heavy atom. The first-order chi connectivity index (χ1) is 9.58. The number of amides is 2. The van der Waals surface area contributed by atoms with Gasteiger partial charge < -0.3 is 15.4 Å². The van der Waals surface area contributed by atoms with Crippen LogP contribution >= 0.6 is 0 Å². The van der Waals surface area contributed by atoms with Crippen LogP contribution in [0.2, 0.25) is 0 Å². The van der Waals surface area contributed by atoms with Crippen molar-refractivity contribution in [1.29, 1.82) is 0 Å². The number of benzene rings is 1. The van der Waals surface area contributed by atoms with Gasteiger partial charge in [0.25, 0.3) is 0 Å². The molecule has 0 aliphatic carbocycles. The number of ether oxygens (including phenoxy) is 1. The molecule has 2 amide bonds. The minimum Gasteiger partial charge on any atom is -0.379 e. The Morgan fingerprint density at radius 1 is 1.20 bits per heavy atom. The van der Waals surface area contributed by atoms with Crippen molar-refractivity contribution in [1.82, 2.24) is 10.6 Å². The van der Waals surface area contributed by atoms with Crippen LogP contribution in [0.3, 0.4) is 0 Å². The van der Waals surface area contributed by atoms with E-state index < -0.39 is 0 Å². The molecule has 0 spiro atoms. The molecule has 5 heteroatoms. The van der Waals surface area contributed by atoms with Crippen molar-refractivity contribution in [3.05, 3.63) is 35.6 Å². The zero-order chi connectivity index (χ0) is 14.8. The van der Waals surface area contributed by atoms with Crippen LogP contribution in [-0.4, -0.2) is 31.8 Å². The van der Waals surface area contributed by atoms with Crippen LogP contribution in [-0.2, 0) is 11.2 Å². The number of rotatable bonds is 8. The highest BCUT2D eigenvalue weighted by molar-refractivity contribution is 5.73. The molecule has 0 aliphatic heterocycles. The smallest absolute Gasteiger partial charge is 0.314 e. The van der Waals surface area contributed by atoms with E-state index in [9.17, 15) is 9.18 Å². The third-order valence-corrected chi connectivity index (χ3v) is 2.67. The molecule has 20 heavy (non-hydrogen) atoms. The molecular formula is C15H23FN2O2. The molecule has 0 saturated carbocycles. The molecule has 1 rings (SSSR count). The molecule has 2 N–H and O–H groups in total. The van der Waals surface area contributed by atoms with Crippen LogP contribution in [0.25, 0.3) is 0 Å². The second kappa shape index (κ2) is 9.31. The number of hydrogen-bond acceptors (Lipinski definition) is 2. The summed E-state index contributed by atoms with van der Waals surface area (Å²) < 4.78 is 18.1. The normalized spacial score (nSPS) is 10.6. The molecule has 0 bridgehead atoms. The summed E-state index contributed by atoms with van der Waals surface area (Å²) in [6.07, 6.45) is 1.70. The number of carbonyl (C=O) groups is 1. The van der Waals surface area contributed by atoms with Gasteiger partial charge in [0, 0.05) is 19.7 Å². The predicted molar refractivity (Wildman–Crippen MR) is 77.2 cm³/mol. The molecule has 0 heterocycles. The SMILES string of the molecule is CC(C)OCCCNC(=O)NCCc1ccc(F)cc1. The number of nitrogens with one attached hydrogen (secondary N) is 2. The van der Waals surface area contributed by atoms with Gasteiger partial charge in [-0.25, -0.2) is 9.18 Å². The van der Waals surface area contributed by atoms with Gasteiger partial charge in [-0.1, -0.05) is 12.1 Å². The lowest BCUT2D eigenvalue weighted by atomic mass is 10.1. The minimum absolute atomic E-state index is 0.184. The fourth-order valence-corrected chi connectivity index (χ4v) is 1.63. The average molecular weight is 282 g/mol. The Balaban J connectivity index is 2.04. The van der Waals surface area contributed by atoms with Crippen molar-refractivity contribution in [2.24, 2.45) is 0 Å². The Bertz CT molecular complexity index is 393. The van der Waals surface area contributed by atoms with Crippen molar-refractivity contribution in [3.63, 3.8) is 0 Å². The summed E-state index contributed by atoms with van der Waals surface area (Å²) >= 11 is 0. The molecule has 0 fully saturated rings. The van der Waals surface area contributed by atoms with Crippen LogP contribution in [0.1, 0.15) is 25.8 Å². The maximum absolute atomic E-state index is 12.7. The monoisotopic (exact) mass is 282 g/mol. The Morgan fingerprint density at radius 2 is 1.85 bits per heavy atom. The Labute approximate surface area is 119 Å². The first-order valence-corrected chi connectivity index (χ1v) is 6.95. The summed E-state index contributed by atoms with van der Waals surface area (Å²) in [4.78, 5) is 11.5. The van der Waals surface area contributed by atoms with E-state index in [1.54, 1.807) is 12.1 Å². The summed E-state index contributed by atoms with van der Waals surface area (Å²) in [5, 5.41) is 5.52. The number of carbonyl (C=O) groups excluding carboxylic acids is 1. The van der Waals surface area contributed by atoms with Crippen LogP contribution in [0, 0.1) is 5.82 Å². The van der Waals surface area contributed by atoms with Gasteiger partial charge in [0.15, 0.2) is 0 Å². The van der Waals surface area contributed by atoms with E-state index >= 15 is 0 Å². The van der Waals surface area contributed by atoms with E-state index in [1.807, 2.05) is 13.8 Å². The summed E-state index contributed by atoms with van der Waals surface area (Å²) in [5.41, 5.74) is 0.997. The van der Waals surface area contributed by atoms with Crippen LogP contribution in [0.4, 0.5) is 9.18 Å². The molecular weight excluding hydrogens is 259 g/mol. The molecule has 0 atom stereocenters. The summed E-state index contributed by atoms with van der Waals surface area (Å²) in [6.45, 7) is 5.73. The fraction of sp³-hybridized carbons (Fsp3) is 0.533. The van der Waals surface area contributed by atoms with E-state index in [-0.39, 0.29) is 18.0 Å². The minimum atomic E-state index is -0.247. The molecule has 0 aliphatic rings. The third-order valence-electron chi connectivity index (χ3n) is 2.67. The second-order valence-corrected chi connectivity index (χ2v) is 4.83. The topological polar surface area (TPSA) is 50.4 Å². The standard InChI is InChI=1S/C15H23FN2O2/c1-12(2)20-11-3-9-17-15(19)18-10-8-13-4-6-14(16)7-5-13/h4-7,12H,3,8-11H2,1-2H3,(H2,17,18,19). The van der Waals surface area contributed by atoms with E-state index in [4.69, 9.17) is 4.74 Å². The summed E-state index contributed by atoms with van der Waals surface area (Å²) in [7, 11) is 0. The van der Waals surface area contributed by atoms with Gasteiger partial charge in [-0.2, -0.15) is 0 Å². The molecule has 0 aromatic heterocycles. The van der Waals surface area contributed by atoms with E-state index in [2.05, 4.69) is 10.6 Å². The van der Waals surface area contributed by atoms with Gasteiger partial charge in [-0.05, 0) is 44.4 Å². The van der Waals surface area contributed by atoms with Gasteiger partial charge in [0.1, 0.15) is 5.82 Å². The number of urea groups is 1. The highest BCUT2D eigenvalue weighted by atomic mass is 19.1. The Hall–Kier alpha value is -1.62. The molecule has 0 radical (unpaired) electrons. The largest absolute Gasteiger partial charge is 0.379 e. The third kappa shape index (κ3) is 7.74. The zero-order valence-electron chi connectivity index (χ0n) is 12.1. The lowest BCUT2D eigenvalue weighted by Crippen LogP contribution is -2.37. The van der Waals surface area contributed by atoms with Gasteiger partial charge in [0.05, 0.1) is 6.10 Å². The quantitative estimate of drug-likeness (QED) is 0.720. The molecule has 0 saturated heterocycles. The maximum Gasteiger partial charge on any atom is 0.314 e. The van der Waals surface area contributed by atoms with E-state index in [0.717, 1.165) is 12.0 Å². The highest BCUT2D eigenvalue weighted by Crippen LogP contribution is 2.02. The molecule has 4 nitrogen and oxygen atoms in total. The lowest BCUT2D eigenvalue weighted by Gasteiger charge is -2.09. The number of hydrogen-bond donors (Lipinski definition) is 2. The first kappa shape index (κ1) is 16.4. The molecule has 0 unspecified atom stereocenters.